The fourth-order valence-electron chi connectivity index (χ4n) is 0.856. The number of furan rings is 1. The molecule has 1 heterocycles. The van der Waals surface area contributed by atoms with Crippen molar-refractivity contribution in [2.45, 2.75) is 13.8 Å². The van der Waals surface area contributed by atoms with Crippen molar-refractivity contribution in [1.29, 1.82) is 0 Å². The van der Waals surface area contributed by atoms with Gasteiger partial charge < -0.3 is 9.52 Å². The van der Waals surface area contributed by atoms with Crippen molar-refractivity contribution in [2.75, 3.05) is 0 Å². The molecule has 0 aromatic carbocycles. The maximum absolute atomic E-state index is 10.5. The van der Waals surface area contributed by atoms with Crippen LogP contribution in [-0.2, 0) is 0 Å². The molecule has 1 aromatic rings. The minimum absolute atomic E-state index is 0.359. The molecule has 3 nitrogen and oxygen atoms in total. The Bertz CT molecular complexity index is 260. The van der Waals surface area contributed by atoms with Crippen LogP contribution in [0.15, 0.2) is 10.5 Å². The van der Waals surface area contributed by atoms with Crippen LogP contribution in [0.4, 0.5) is 0 Å². The summed E-state index contributed by atoms with van der Waals surface area (Å²) in [6.45, 7) is 3.42. The molecule has 0 unspecified atom stereocenters. The summed E-state index contributed by atoms with van der Waals surface area (Å²) >= 11 is 0. The molecule has 0 aliphatic carbocycles. The van der Waals surface area contributed by atoms with Crippen molar-refractivity contribution in [3.05, 3.63) is 23.2 Å². The number of hydrogen-bond donors (Lipinski definition) is 0. The van der Waals surface area contributed by atoms with Crippen molar-refractivity contribution < 1.29 is 14.3 Å². The molecule has 0 radical (unpaired) electrons. The van der Waals surface area contributed by atoms with Gasteiger partial charge >= 0.3 is 5.97 Å². The Balaban J connectivity index is 3.15. The predicted molar refractivity (Wildman–Crippen MR) is 36.1 cm³/mol. The third-order valence-corrected chi connectivity index (χ3v) is 1.29. The molecule has 54 valence electrons. The minimum Gasteiger partial charge on any atom is -0.561 e. The van der Waals surface area contributed by atoms with Crippen molar-refractivity contribution in [3.63, 3.8) is 0 Å². The molecular weight excluding hydrogens is 132 g/mol. The van der Waals surface area contributed by atoms with Crippen LogP contribution in [0.25, 0.3) is 0 Å². The summed E-state index contributed by atoms with van der Waals surface area (Å²) in [4.78, 5) is 10.5. The quantitative estimate of drug-likeness (QED) is 0.542. The zero-order valence-corrected chi connectivity index (χ0v) is 5.89. The van der Waals surface area contributed by atoms with Crippen LogP contribution < -0.4 is 0 Å². The van der Waals surface area contributed by atoms with Crippen LogP contribution in [0.3, 0.4) is 0 Å². The van der Waals surface area contributed by atoms with E-state index < -0.39 is 5.97 Å². The Morgan fingerprint density at radius 3 is 2.40 bits per heavy atom. The van der Waals surface area contributed by atoms with Gasteiger partial charge in [-0.15, -0.1) is 0 Å². The molecule has 10 heavy (non-hydrogen) atoms. The monoisotopic (exact) mass is 141 g/mol. The third-order valence-electron chi connectivity index (χ3n) is 1.29. The fourth-order valence-corrected chi connectivity index (χ4v) is 0.856. The standard InChI is InChI=1S/C7H8O3/c1-4-3-6(7(8)9)5(2)10-4/h3H,1-2H3,(H,8,9)/p+1. The number of carbonyl (C=O) groups is 1. The van der Waals surface area contributed by atoms with Crippen LogP contribution in [0, 0.1) is 13.8 Å². The molecule has 3 heteroatoms. The molecule has 0 atom stereocenters. The van der Waals surface area contributed by atoms with Crippen molar-refractivity contribution in [3.8, 4) is 0 Å². The molecule has 0 fully saturated rings. The molecule has 0 aliphatic heterocycles. The molecule has 0 bridgehead atoms. The number of hydrogen-bond acceptors (Lipinski definition) is 2. The van der Waals surface area contributed by atoms with E-state index in [9.17, 15) is 4.79 Å². The topological polar surface area (TPSA) is 53.1 Å². The van der Waals surface area contributed by atoms with E-state index in [1.54, 1.807) is 19.9 Å². The molecule has 0 saturated heterocycles. The summed E-state index contributed by atoms with van der Waals surface area (Å²) in [6.07, 6.45) is 0. The molecule has 1 rings (SSSR count). The van der Waals surface area contributed by atoms with Gasteiger partial charge in [0.05, 0.1) is 0 Å². The lowest BCUT2D eigenvalue weighted by molar-refractivity contribution is 0.0695. The Morgan fingerprint density at radius 1 is 1.60 bits per heavy atom. The highest BCUT2D eigenvalue weighted by Gasteiger charge is 2.17. The highest BCUT2D eigenvalue weighted by atomic mass is 16.4. The van der Waals surface area contributed by atoms with Gasteiger partial charge in [0.1, 0.15) is 11.5 Å². The maximum Gasteiger partial charge on any atom is 0.552 e. The predicted octanol–water partition coefficient (Wildman–Crippen LogP) is 0.761. The van der Waals surface area contributed by atoms with E-state index in [0.717, 1.165) is 0 Å². The lowest BCUT2D eigenvalue weighted by atomic mass is 10.2. The SMILES string of the molecule is Cc1cc(C(=O)[OH2+])c(C)o1. The first-order chi connectivity index (χ1) is 4.61. The second-order valence-electron chi connectivity index (χ2n) is 2.16. The van der Waals surface area contributed by atoms with Gasteiger partial charge in [0, 0.05) is 10.9 Å². The van der Waals surface area contributed by atoms with E-state index in [1.165, 1.54) is 0 Å². The number of rotatable bonds is 1. The summed E-state index contributed by atoms with van der Waals surface area (Å²) in [6, 6.07) is 1.57. The Hall–Kier alpha value is -1.25. The second kappa shape index (κ2) is 2.17. The first-order valence-electron chi connectivity index (χ1n) is 2.94. The molecule has 0 spiro atoms. The van der Waals surface area contributed by atoms with Crippen LogP contribution >= 0.6 is 0 Å². The number of aryl methyl sites for hydroxylation is 2. The summed E-state index contributed by atoms with van der Waals surface area (Å²) < 4.78 is 5.03. The highest BCUT2D eigenvalue weighted by Crippen LogP contribution is 2.12. The molecule has 0 saturated carbocycles. The largest absolute Gasteiger partial charge is 0.561 e. The Kier molecular flexibility index (Phi) is 1.49. The molecule has 0 aliphatic rings. The molecule has 2 N–H and O–H groups in total. The molecular formula is C7H9O3+. The third kappa shape index (κ3) is 1.03. The lowest BCUT2D eigenvalue weighted by Crippen LogP contribution is -1.94. The van der Waals surface area contributed by atoms with Crippen molar-refractivity contribution in [1.82, 2.24) is 0 Å². The lowest BCUT2D eigenvalue weighted by Gasteiger charge is -1.80. The van der Waals surface area contributed by atoms with E-state index in [0.29, 0.717) is 17.1 Å². The van der Waals surface area contributed by atoms with Crippen LogP contribution in [0.5, 0.6) is 0 Å². The van der Waals surface area contributed by atoms with E-state index in [4.69, 9.17) is 9.52 Å². The average molecular weight is 141 g/mol. The second-order valence-corrected chi connectivity index (χ2v) is 2.16. The van der Waals surface area contributed by atoms with E-state index in [1.807, 2.05) is 0 Å². The van der Waals surface area contributed by atoms with Gasteiger partial charge in [-0.05, 0) is 13.8 Å². The molecule has 0 amide bonds. The summed E-state index contributed by atoms with van der Waals surface area (Å²) in [5.41, 5.74) is 0.359. The van der Waals surface area contributed by atoms with Gasteiger partial charge in [0.15, 0.2) is 5.56 Å². The number of carbonyl (C=O) groups excluding carboxylic acids is 1. The Labute approximate surface area is 58.3 Å². The van der Waals surface area contributed by atoms with Crippen LogP contribution in [0.1, 0.15) is 21.9 Å². The van der Waals surface area contributed by atoms with Gasteiger partial charge in [0.2, 0.25) is 0 Å². The van der Waals surface area contributed by atoms with Crippen LogP contribution in [0.2, 0.25) is 0 Å². The average Bonchev–Trinajstić information content (AvgIpc) is 2.10. The summed E-state index contributed by atoms with van der Waals surface area (Å²) in [7, 11) is 0. The fraction of sp³-hybridized carbons (Fsp3) is 0.286. The van der Waals surface area contributed by atoms with Gasteiger partial charge in [0.25, 0.3) is 0 Å². The zero-order chi connectivity index (χ0) is 7.72. The maximum atomic E-state index is 10.5. The Morgan fingerprint density at radius 2 is 2.20 bits per heavy atom. The van der Waals surface area contributed by atoms with Gasteiger partial charge in [-0.25, -0.2) is 0 Å². The van der Waals surface area contributed by atoms with E-state index in [2.05, 4.69) is 0 Å². The zero-order valence-electron chi connectivity index (χ0n) is 5.89. The van der Waals surface area contributed by atoms with Crippen LogP contribution in [-0.4, -0.2) is 11.1 Å². The van der Waals surface area contributed by atoms with Crippen molar-refractivity contribution >= 4 is 5.97 Å². The smallest absolute Gasteiger partial charge is 0.552 e. The van der Waals surface area contributed by atoms with Gasteiger partial charge in [-0.1, -0.05) is 0 Å². The minimum atomic E-state index is -0.686. The highest BCUT2D eigenvalue weighted by molar-refractivity contribution is 5.88. The normalized spacial score (nSPS) is 9.80. The summed E-state index contributed by atoms with van der Waals surface area (Å²) in [5, 5.41) is 6.77. The summed E-state index contributed by atoms with van der Waals surface area (Å²) in [5.74, 6) is 0.514. The van der Waals surface area contributed by atoms with E-state index in [-0.39, 0.29) is 0 Å². The van der Waals surface area contributed by atoms with Gasteiger partial charge in [-0.2, -0.15) is 0 Å². The van der Waals surface area contributed by atoms with Gasteiger partial charge in [-0.3, -0.25) is 0 Å². The molecule has 1 aromatic heterocycles. The first kappa shape index (κ1) is 6.86. The van der Waals surface area contributed by atoms with E-state index >= 15 is 0 Å². The van der Waals surface area contributed by atoms with Crippen molar-refractivity contribution in [2.24, 2.45) is 0 Å². The first-order valence-corrected chi connectivity index (χ1v) is 2.94.